The van der Waals surface area contributed by atoms with Gasteiger partial charge in [-0.15, -0.1) is 0 Å². The molecule has 0 aliphatic heterocycles. The third-order valence-electron chi connectivity index (χ3n) is 2.77. The number of aromatic carboxylic acids is 1. The topological polar surface area (TPSA) is 81.1 Å². The van der Waals surface area contributed by atoms with Crippen molar-refractivity contribution in [1.29, 1.82) is 0 Å². The van der Waals surface area contributed by atoms with Crippen LogP contribution in [-0.4, -0.2) is 20.9 Å². The normalized spacial score (nSPS) is 16.6. The Morgan fingerprint density at radius 1 is 1.71 bits per heavy atom. The highest BCUT2D eigenvalue weighted by atomic mass is 16.4. The molecule has 0 radical (unpaired) electrons. The Bertz CT molecular complexity index is 355. The molecule has 1 aliphatic rings. The number of carboxylic acids is 1. The van der Waals surface area contributed by atoms with Gasteiger partial charge in [0.15, 0.2) is 0 Å². The number of hydrogen-bond acceptors (Lipinski definition) is 3. The first-order valence-corrected chi connectivity index (χ1v) is 4.73. The fraction of sp³-hybridized carbons (Fsp3) is 0.556. The Labute approximate surface area is 81.5 Å². The smallest absolute Gasteiger partial charge is 0.341 e. The van der Waals surface area contributed by atoms with Crippen LogP contribution in [0.15, 0.2) is 6.20 Å². The van der Waals surface area contributed by atoms with Crippen LogP contribution in [0.25, 0.3) is 0 Å². The Morgan fingerprint density at radius 2 is 2.43 bits per heavy atom. The van der Waals surface area contributed by atoms with Crippen LogP contribution in [0.2, 0.25) is 0 Å². The molecule has 76 valence electrons. The van der Waals surface area contributed by atoms with Crippen LogP contribution in [0, 0.1) is 5.92 Å². The summed E-state index contributed by atoms with van der Waals surface area (Å²) >= 11 is 0. The third-order valence-corrected chi connectivity index (χ3v) is 2.77. The number of anilines is 1. The predicted octanol–water partition coefficient (Wildman–Crippen LogP) is 0.964. The quantitative estimate of drug-likeness (QED) is 0.752. The first-order valence-electron chi connectivity index (χ1n) is 4.73. The van der Waals surface area contributed by atoms with E-state index in [1.807, 2.05) is 0 Å². The van der Waals surface area contributed by atoms with E-state index >= 15 is 0 Å². The maximum atomic E-state index is 10.7. The maximum Gasteiger partial charge on any atom is 0.341 e. The van der Waals surface area contributed by atoms with Gasteiger partial charge in [0.2, 0.25) is 0 Å². The fourth-order valence-corrected chi connectivity index (χ4v) is 1.63. The lowest BCUT2D eigenvalue weighted by molar-refractivity contribution is 0.0698. The number of nitrogens with two attached hydrogens (primary N) is 1. The molecule has 2 rings (SSSR count). The molecule has 14 heavy (non-hydrogen) atoms. The minimum Gasteiger partial charge on any atom is -0.477 e. The average Bonchev–Trinajstić information content (AvgIpc) is 2.40. The zero-order valence-corrected chi connectivity index (χ0v) is 7.81. The van der Waals surface area contributed by atoms with E-state index in [1.165, 1.54) is 25.5 Å². The zero-order valence-electron chi connectivity index (χ0n) is 7.81. The lowest BCUT2D eigenvalue weighted by Gasteiger charge is -2.25. The summed E-state index contributed by atoms with van der Waals surface area (Å²) < 4.78 is 1.59. The summed E-state index contributed by atoms with van der Waals surface area (Å²) in [5.74, 6) is -0.120. The summed E-state index contributed by atoms with van der Waals surface area (Å²) in [6.07, 6.45) is 4.97. The molecule has 0 bridgehead atoms. The summed E-state index contributed by atoms with van der Waals surface area (Å²) in [6, 6.07) is 0. The van der Waals surface area contributed by atoms with Gasteiger partial charge in [-0.2, -0.15) is 5.10 Å². The second kappa shape index (κ2) is 3.32. The fourth-order valence-electron chi connectivity index (χ4n) is 1.63. The summed E-state index contributed by atoms with van der Waals surface area (Å²) in [7, 11) is 0. The van der Waals surface area contributed by atoms with E-state index in [-0.39, 0.29) is 11.4 Å². The molecule has 1 fully saturated rings. The van der Waals surface area contributed by atoms with Crippen molar-refractivity contribution in [3.8, 4) is 0 Å². The molecular formula is C9H13N3O2. The van der Waals surface area contributed by atoms with Gasteiger partial charge < -0.3 is 10.8 Å². The third kappa shape index (κ3) is 1.45. The molecule has 0 spiro atoms. The van der Waals surface area contributed by atoms with E-state index in [2.05, 4.69) is 5.10 Å². The maximum absolute atomic E-state index is 10.7. The van der Waals surface area contributed by atoms with Gasteiger partial charge in [-0.1, -0.05) is 6.42 Å². The van der Waals surface area contributed by atoms with Crippen LogP contribution in [0.1, 0.15) is 29.6 Å². The molecule has 3 N–H and O–H groups in total. The number of nitrogens with zero attached hydrogens (tertiary/aromatic N) is 2. The van der Waals surface area contributed by atoms with Crippen molar-refractivity contribution < 1.29 is 9.90 Å². The van der Waals surface area contributed by atoms with Crippen molar-refractivity contribution in [3.63, 3.8) is 0 Å². The highest BCUT2D eigenvalue weighted by Crippen LogP contribution is 2.28. The number of nitrogen functional groups attached to an aromatic ring is 1. The standard InChI is InChI=1S/C9H13N3O2/c10-8-7(9(13)14)4-11-12(8)5-6-2-1-3-6/h4,6H,1-3,5,10H2,(H,13,14). The highest BCUT2D eigenvalue weighted by molar-refractivity contribution is 5.92. The first kappa shape index (κ1) is 9.05. The largest absolute Gasteiger partial charge is 0.477 e. The summed E-state index contributed by atoms with van der Waals surface area (Å²) in [6.45, 7) is 0.749. The van der Waals surface area contributed by atoms with Crippen molar-refractivity contribution >= 4 is 11.8 Å². The van der Waals surface area contributed by atoms with E-state index < -0.39 is 5.97 Å². The molecule has 0 aromatic carbocycles. The minimum absolute atomic E-state index is 0.101. The van der Waals surface area contributed by atoms with E-state index in [0.717, 1.165) is 6.54 Å². The molecule has 0 amide bonds. The van der Waals surface area contributed by atoms with Gasteiger partial charge in [-0.25, -0.2) is 9.48 Å². The number of aromatic nitrogens is 2. The van der Waals surface area contributed by atoms with Crippen LogP contribution >= 0.6 is 0 Å². The molecule has 5 nitrogen and oxygen atoms in total. The van der Waals surface area contributed by atoms with Gasteiger partial charge in [0.25, 0.3) is 0 Å². The summed E-state index contributed by atoms with van der Waals surface area (Å²) in [5.41, 5.74) is 5.75. The van der Waals surface area contributed by atoms with Gasteiger partial charge in [0.1, 0.15) is 11.4 Å². The van der Waals surface area contributed by atoms with Gasteiger partial charge in [0.05, 0.1) is 6.20 Å². The van der Waals surface area contributed by atoms with E-state index in [0.29, 0.717) is 5.92 Å². The number of carbonyl (C=O) groups is 1. The van der Waals surface area contributed by atoms with Crippen LogP contribution in [0.5, 0.6) is 0 Å². The molecule has 0 unspecified atom stereocenters. The molecule has 1 aliphatic carbocycles. The van der Waals surface area contributed by atoms with Crippen LogP contribution in [-0.2, 0) is 6.54 Å². The molecule has 1 saturated carbocycles. The van der Waals surface area contributed by atoms with Gasteiger partial charge >= 0.3 is 5.97 Å². The summed E-state index contributed by atoms with van der Waals surface area (Å²) in [5, 5.41) is 12.7. The van der Waals surface area contributed by atoms with E-state index in [1.54, 1.807) is 4.68 Å². The average molecular weight is 195 g/mol. The van der Waals surface area contributed by atoms with Gasteiger partial charge in [-0.3, -0.25) is 0 Å². The molecule has 0 saturated heterocycles. The number of hydrogen-bond donors (Lipinski definition) is 2. The van der Waals surface area contributed by atoms with Crippen molar-refractivity contribution in [2.45, 2.75) is 25.8 Å². The monoisotopic (exact) mass is 195 g/mol. The zero-order chi connectivity index (χ0) is 10.1. The Balaban J connectivity index is 2.13. The number of carboxylic acid groups (broad SMARTS) is 1. The van der Waals surface area contributed by atoms with Crippen molar-refractivity contribution in [2.75, 3.05) is 5.73 Å². The molecule has 1 heterocycles. The first-order chi connectivity index (χ1) is 6.68. The second-order valence-electron chi connectivity index (χ2n) is 3.73. The molecule has 1 aromatic heterocycles. The van der Waals surface area contributed by atoms with Gasteiger partial charge in [0, 0.05) is 6.54 Å². The van der Waals surface area contributed by atoms with Gasteiger partial charge in [-0.05, 0) is 18.8 Å². The van der Waals surface area contributed by atoms with E-state index in [4.69, 9.17) is 10.8 Å². The van der Waals surface area contributed by atoms with E-state index in [9.17, 15) is 4.79 Å². The Kier molecular flexibility index (Phi) is 2.15. The molecule has 5 heteroatoms. The van der Waals surface area contributed by atoms with Crippen LogP contribution < -0.4 is 5.73 Å². The Morgan fingerprint density at radius 3 is 2.86 bits per heavy atom. The molecule has 1 aromatic rings. The molecular weight excluding hydrogens is 182 g/mol. The minimum atomic E-state index is -1.01. The van der Waals surface area contributed by atoms with Crippen molar-refractivity contribution in [1.82, 2.24) is 9.78 Å². The lowest BCUT2D eigenvalue weighted by Crippen LogP contribution is -2.20. The van der Waals surface area contributed by atoms with Crippen LogP contribution in [0.4, 0.5) is 5.82 Å². The summed E-state index contributed by atoms with van der Waals surface area (Å²) in [4.78, 5) is 10.7. The second-order valence-corrected chi connectivity index (χ2v) is 3.73. The highest BCUT2D eigenvalue weighted by Gasteiger charge is 2.21. The van der Waals surface area contributed by atoms with Crippen molar-refractivity contribution in [2.24, 2.45) is 5.92 Å². The molecule has 0 atom stereocenters. The number of rotatable bonds is 3. The van der Waals surface area contributed by atoms with Crippen LogP contribution in [0.3, 0.4) is 0 Å². The SMILES string of the molecule is Nc1c(C(=O)O)cnn1CC1CCC1. The Hall–Kier alpha value is -1.52. The van der Waals surface area contributed by atoms with Crippen molar-refractivity contribution in [3.05, 3.63) is 11.8 Å². The lowest BCUT2D eigenvalue weighted by atomic mass is 9.85. The predicted molar refractivity (Wildman–Crippen MR) is 50.9 cm³/mol.